The van der Waals surface area contributed by atoms with E-state index in [1.54, 1.807) is 43.0 Å². The third kappa shape index (κ3) is 11.9. The number of nitrogens with zero attached hydrogens (tertiary/aromatic N) is 3. The largest absolute Gasteiger partial charge is 0.465 e. The zero-order valence-electron chi connectivity index (χ0n) is 34.4. The molecule has 5 amide bonds. The maximum atomic E-state index is 14.5. The number of pyridine rings is 1. The fraction of sp³-hybridized carbons (Fsp3) is 0.413. The second-order valence-corrected chi connectivity index (χ2v) is 17.4. The number of nitrogens with one attached hydrogen (secondary N) is 3. The number of rotatable bonds is 16. The van der Waals surface area contributed by atoms with Crippen LogP contribution in [0, 0.1) is 10.8 Å². The highest BCUT2D eigenvalue weighted by Gasteiger charge is 2.44. The monoisotopic (exact) mass is 790 g/mol. The van der Waals surface area contributed by atoms with Crippen molar-refractivity contribution in [3.8, 4) is 11.1 Å². The van der Waals surface area contributed by atoms with Crippen molar-refractivity contribution in [2.45, 2.75) is 97.6 Å². The number of carbonyl (C=O) groups is 4. The van der Waals surface area contributed by atoms with Crippen LogP contribution in [0.4, 0.5) is 9.59 Å². The first-order valence-electron chi connectivity index (χ1n) is 19.9. The first kappa shape index (κ1) is 43.4. The van der Waals surface area contributed by atoms with Crippen LogP contribution in [-0.4, -0.2) is 92.3 Å². The Kier molecular flexibility index (Phi) is 14.3. The SMILES string of the molecule is CC(C)(C)[C@H](NC(=O)O)C(=O)N[C@@H](Cc1ccc(-c2cccnc2)cc1)[C@@H](O)C[C@H](Cc1ccccc1)NC(=O)[C@@H](N1CCN(Cc2ccccc2)C1=O)C(C)(C)C. The maximum absolute atomic E-state index is 14.5. The number of aliphatic hydroxyl groups is 1. The summed E-state index contributed by atoms with van der Waals surface area (Å²) >= 11 is 0. The van der Waals surface area contributed by atoms with E-state index in [0.29, 0.717) is 26.1 Å². The molecule has 12 heteroatoms. The second-order valence-electron chi connectivity index (χ2n) is 17.4. The number of amides is 5. The molecule has 5 rings (SSSR count). The Balaban J connectivity index is 1.41. The Hall–Kier alpha value is -5.75. The summed E-state index contributed by atoms with van der Waals surface area (Å²) in [6, 6.07) is 27.4. The van der Waals surface area contributed by atoms with Crippen LogP contribution in [0.5, 0.6) is 0 Å². The third-order valence-corrected chi connectivity index (χ3v) is 10.5. The lowest BCUT2D eigenvalue weighted by molar-refractivity contribution is -0.130. The van der Waals surface area contributed by atoms with E-state index in [-0.39, 0.29) is 24.8 Å². The van der Waals surface area contributed by atoms with Crippen molar-refractivity contribution in [2.75, 3.05) is 13.1 Å². The summed E-state index contributed by atoms with van der Waals surface area (Å²) in [4.78, 5) is 61.6. The molecule has 58 heavy (non-hydrogen) atoms. The quantitative estimate of drug-likeness (QED) is 0.0891. The topological polar surface area (TPSA) is 164 Å². The number of aliphatic hydroxyl groups excluding tert-OH is 1. The van der Waals surface area contributed by atoms with Gasteiger partial charge in [0.15, 0.2) is 0 Å². The van der Waals surface area contributed by atoms with Gasteiger partial charge in [-0.25, -0.2) is 9.59 Å². The molecule has 0 radical (unpaired) electrons. The van der Waals surface area contributed by atoms with Crippen LogP contribution in [-0.2, 0) is 29.0 Å². The van der Waals surface area contributed by atoms with Crippen molar-refractivity contribution in [3.05, 3.63) is 126 Å². The Labute approximate surface area is 342 Å². The molecule has 5 atom stereocenters. The van der Waals surface area contributed by atoms with Gasteiger partial charge < -0.3 is 36.0 Å². The summed E-state index contributed by atoms with van der Waals surface area (Å²) in [5, 5.41) is 30.3. The molecule has 0 bridgehead atoms. The lowest BCUT2D eigenvalue weighted by Gasteiger charge is -2.38. The Morgan fingerprint density at radius 1 is 0.707 bits per heavy atom. The van der Waals surface area contributed by atoms with Gasteiger partial charge in [-0.1, -0.05) is 133 Å². The molecule has 1 aliphatic heterocycles. The summed E-state index contributed by atoms with van der Waals surface area (Å²) in [7, 11) is 0. The summed E-state index contributed by atoms with van der Waals surface area (Å²) < 4.78 is 0. The van der Waals surface area contributed by atoms with Gasteiger partial charge in [0.1, 0.15) is 12.1 Å². The summed E-state index contributed by atoms with van der Waals surface area (Å²) in [6.45, 7) is 12.4. The van der Waals surface area contributed by atoms with E-state index < -0.39 is 53.1 Å². The van der Waals surface area contributed by atoms with Gasteiger partial charge in [0.2, 0.25) is 11.8 Å². The highest BCUT2D eigenvalue weighted by atomic mass is 16.4. The Bertz CT molecular complexity index is 1970. The molecule has 1 fully saturated rings. The van der Waals surface area contributed by atoms with Crippen LogP contribution in [0.25, 0.3) is 11.1 Å². The van der Waals surface area contributed by atoms with Crippen molar-refractivity contribution < 1.29 is 29.4 Å². The molecule has 12 nitrogen and oxygen atoms in total. The van der Waals surface area contributed by atoms with Crippen molar-refractivity contribution in [2.24, 2.45) is 10.8 Å². The molecule has 1 saturated heterocycles. The summed E-state index contributed by atoms with van der Waals surface area (Å²) in [6.07, 6.45) is 1.62. The van der Waals surface area contributed by atoms with E-state index in [1.165, 1.54) is 0 Å². The zero-order chi connectivity index (χ0) is 42.0. The molecule has 3 aromatic carbocycles. The summed E-state index contributed by atoms with van der Waals surface area (Å²) in [5.74, 6) is -0.907. The van der Waals surface area contributed by atoms with Crippen LogP contribution in [0.1, 0.15) is 64.7 Å². The minimum atomic E-state index is -1.34. The third-order valence-electron chi connectivity index (χ3n) is 10.5. The average molecular weight is 791 g/mol. The molecule has 0 unspecified atom stereocenters. The van der Waals surface area contributed by atoms with E-state index in [2.05, 4.69) is 20.9 Å². The van der Waals surface area contributed by atoms with Gasteiger partial charge in [-0.3, -0.25) is 14.6 Å². The molecule has 2 heterocycles. The zero-order valence-corrected chi connectivity index (χ0v) is 34.4. The molecular formula is C46H58N6O6. The number of urea groups is 1. The second kappa shape index (κ2) is 19.1. The molecule has 0 aliphatic carbocycles. The van der Waals surface area contributed by atoms with Crippen LogP contribution in [0.3, 0.4) is 0 Å². The predicted molar refractivity (Wildman–Crippen MR) is 225 cm³/mol. The van der Waals surface area contributed by atoms with E-state index in [0.717, 1.165) is 27.8 Å². The minimum Gasteiger partial charge on any atom is -0.465 e. The molecular weight excluding hydrogens is 733 g/mol. The van der Waals surface area contributed by atoms with E-state index in [9.17, 15) is 29.4 Å². The van der Waals surface area contributed by atoms with E-state index in [1.807, 2.05) is 118 Å². The normalized spacial score (nSPS) is 15.9. The molecule has 4 aromatic rings. The number of carboxylic acid groups (broad SMARTS) is 1. The molecule has 0 spiro atoms. The Morgan fingerprint density at radius 2 is 1.33 bits per heavy atom. The van der Waals surface area contributed by atoms with Crippen LogP contribution in [0.15, 0.2) is 109 Å². The van der Waals surface area contributed by atoms with E-state index >= 15 is 0 Å². The fourth-order valence-electron chi connectivity index (χ4n) is 7.59. The average Bonchev–Trinajstić information content (AvgIpc) is 3.51. The first-order valence-corrected chi connectivity index (χ1v) is 19.9. The van der Waals surface area contributed by atoms with Crippen molar-refractivity contribution in [1.82, 2.24) is 30.7 Å². The van der Waals surface area contributed by atoms with Gasteiger partial charge in [-0.15, -0.1) is 0 Å². The lowest BCUT2D eigenvalue weighted by atomic mass is 9.84. The van der Waals surface area contributed by atoms with Crippen molar-refractivity contribution in [1.29, 1.82) is 0 Å². The van der Waals surface area contributed by atoms with Crippen molar-refractivity contribution >= 4 is 23.9 Å². The minimum absolute atomic E-state index is 0.0524. The number of aromatic nitrogens is 1. The van der Waals surface area contributed by atoms with Gasteiger partial charge in [-0.2, -0.15) is 0 Å². The molecule has 1 aliphatic rings. The maximum Gasteiger partial charge on any atom is 0.405 e. The van der Waals surface area contributed by atoms with Crippen LogP contribution >= 0.6 is 0 Å². The number of benzene rings is 3. The Morgan fingerprint density at radius 3 is 1.90 bits per heavy atom. The lowest BCUT2D eigenvalue weighted by Crippen LogP contribution is -2.59. The molecule has 1 aromatic heterocycles. The van der Waals surface area contributed by atoms with Gasteiger partial charge in [-0.05, 0) is 64.0 Å². The van der Waals surface area contributed by atoms with Gasteiger partial charge in [0.05, 0.1) is 12.1 Å². The predicted octanol–water partition coefficient (Wildman–Crippen LogP) is 6.29. The summed E-state index contributed by atoms with van der Waals surface area (Å²) in [5.41, 5.74) is 3.26. The number of carbonyl (C=O) groups excluding carboxylic acids is 3. The van der Waals surface area contributed by atoms with Crippen molar-refractivity contribution in [3.63, 3.8) is 0 Å². The van der Waals surface area contributed by atoms with Gasteiger partial charge in [0, 0.05) is 38.1 Å². The molecule has 308 valence electrons. The standard InChI is InChI=1S/C46H58N6O6/c1-45(2,3)39(50-43(56)57)41(54)49-37(27-32-19-21-34(22-20-32)35-18-13-23-47-29-35)38(53)28-36(26-31-14-9-7-10-15-31)48-42(55)40(46(4,5)6)52-25-24-51(44(52)58)30-33-16-11-8-12-17-33/h7-23,29,36-40,50,53H,24-28,30H2,1-6H3,(H,48,55)(H,49,54)(H,56,57)/t36-,37-,38-,39+,40+/m0/s1. The smallest absolute Gasteiger partial charge is 0.405 e. The van der Waals surface area contributed by atoms with Crippen LogP contribution < -0.4 is 16.0 Å². The molecule has 5 N–H and O–H groups in total. The van der Waals surface area contributed by atoms with E-state index in [4.69, 9.17) is 0 Å². The number of hydrogen-bond donors (Lipinski definition) is 5. The van der Waals surface area contributed by atoms with Gasteiger partial charge >= 0.3 is 12.1 Å². The first-order chi connectivity index (χ1) is 27.5. The van der Waals surface area contributed by atoms with Gasteiger partial charge in [0.25, 0.3) is 0 Å². The fourth-order valence-corrected chi connectivity index (χ4v) is 7.59. The van der Waals surface area contributed by atoms with Crippen LogP contribution in [0.2, 0.25) is 0 Å². The molecule has 0 saturated carbocycles. The number of hydrogen-bond acceptors (Lipinski definition) is 6. The highest BCUT2D eigenvalue weighted by molar-refractivity contribution is 5.89. The highest BCUT2D eigenvalue weighted by Crippen LogP contribution is 2.29.